The van der Waals surface area contributed by atoms with E-state index in [9.17, 15) is 4.79 Å². The number of amides is 1. The van der Waals surface area contributed by atoms with Crippen LogP contribution in [0, 0.1) is 0 Å². The third-order valence-corrected chi connectivity index (χ3v) is 6.00. The summed E-state index contributed by atoms with van der Waals surface area (Å²) in [5.41, 5.74) is 1.43. The first-order valence-electron chi connectivity index (χ1n) is 10.3. The molecule has 1 saturated carbocycles. The van der Waals surface area contributed by atoms with Crippen LogP contribution in [0.1, 0.15) is 29.6 Å². The van der Waals surface area contributed by atoms with Gasteiger partial charge in [-0.2, -0.15) is 0 Å². The molecular weight excluding hydrogens is 470 g/mol. The zero-order valence-corrected chi connectivity index (χ0v) is 19.2. The van der Waals surface area contributed by atoms with Crippen molar-refractivity contribution in [3.05, 3.63) is 35.2 Å². The molecule has 4 heterocycles. The molecule has 0 aromatic carbocycles. The summed E-state index contributed by atoms with van der Waals surface area (Å²) in [5.74, 6) is 0.462. The van der Waals surface area contributed by atoms with Gasteiger partial charge in [0.15, 0.2) is 0 Å². The van der Waals surface area contributed by atoms with Gasteiger partial charge in [0.2, 0.25) is 11.0 Å². The maximum Gasteiger partial charge on any atom is 0.296 e. The van der Waals surface area contributed by atoms with Crippen LogP contribution in [0.25, 0.3) is 11.1 Å². The summed E-state index contributed by atoms with van der Waals surface area (Å²) in [4.78, 5) is 21.6. The van der Waals surface area contributed by atoms with E-state index < -0.39 is 5.91 Å². The van der Waals surface area contributed by atoms with Gasteiger partial charge >= 0.3 is 0 Å². The first kappa shape index (κ1) is 21.8. The van der Waals surface area contributed by atoms with Crippen molar-refractivity contribution in [1.29, 1.82) is 0 Å². The second-order valence-electron chi connectivity index (χ2n) is 7.52. The smallest absolute Gasteiger partial charge is 0.296 e. The highest BCUT2D eigenvalue weighted by Gasteiger charge is 2.26. The lowest BCUT2D eigenvalue weighted by Gasteiger charge is -2.14. The lowest BCUT2D eigenvalue weighted by Crippen LogP contribution is -2.15. The molecule has 1 amide bonds. The van der Waals surface area contributed by atoms with Gasteiger partial charge in [-0.3, -0.25) is 10.1 Å². The average molecular weight is 490 g/mol. The van der Waals surface area contributed by atoms with Gasteiger partial charge in [0.05, 0.1) is 32.1 Å². The highest BCUT2D eigenvalue weighted by atomic mass is 35.5. The zero-order valence-electron chi connectivity index (χ0n) is 17.6. The van der Waals surface area contributed by atoms with Gasteiger partial charge in [0.1, 0.15) is 23.1 Å². The fourth-order valence-electron chi connectivity index (χ4n) is 3.27. The number of nitrogens with one attached hydrogen (secondary N) is 1. The largest absolute Gasteiger partial charge is 0.494 e. The minimum absolute atomic E-state index is 0.0554. The van der Waals surface area contributed by atoms with E-state index in [4.69, 9.17) is 30.5 Å². The molecule has 1 atom stereocenters. The van der Waals surface area contributed by atoms with E-state index in [2.05, 4.69) is 25.5 Å². The quantitative estimate of drug-likeness (QED) is 0.473. The van der Waals surface area contributed by atoms with Crippen LogP contribution in [0.5, 0.6) is 16.8 Å². The Morgan fingerprint density at radius 1 is 1.12 bits per heavy atom. The summed E-state index contributed by atoms with van der Waals surface area (Å²) in [5, 5.41) is 11.7. The Morgan fingerprint density at radius 2 is 2.00 bits per heavy atom. The van der Waals surface area contributed by atoms with Gasteiger partial charge in [-0.1, -0.05) is 16.7 Å². The molecule has 33 heavy (non-hydrogen) atoms. The molecule has 0 bridgehead atoms. The number of anilines is 1. The molecule has 1 N–H and O–H groups in total. The molecule has 2 fully saturated rings. The van der Waals surface area contributed by atoms with Crippen molar-refractivity contribution < 1.29 is 23.7 Å². The molecule has 172 valence electrons. The number of ether oxygens (including phenoxy) is 4. The van der Waals surface area contributed by atoms with E-state index in [-0.39, 0.29) is 17.4 Å². The van der Waals surface area contributed by atoms with Crippen molar-refractivity contribution in [2.24, 2.45) is 0 Å². The topological polar surface area (TPSA) is 118 Å². The lowest BCUT2D eigenvalue weighted by molar-refractivity contribution is 0.102. The predicted molar refractivity (Wildman–Crippen MR) is 120 cm³/mol. The number of carbonyl (C=O) groups is 1. The molecule has 3 aromatic heterocycles. The van der Waals surface area contributed by atoms with Crippen LogP contribution in [-0.2, 0) is 4.74 Å². The number of carbonyl (C=O) groups excluding carboxylic acids is 1. The third kappa shape index (κ3) is 5.15. The highest BCUT2D eigenvalue weighted by Crippen LogP contribution is 2.37. The summed E-state index contributed by atoms with van der Waals surface area (Å²) < 4.78 is 22.3. The summed E-state index contributed by atoms with van der Waals surface area (Å²) in [6.45, 7) is 1.17. The Morgan fingerprint density at radius 3 is 2.76 bits per heavy atom. The van der Waals surface area contributed by atoms with E-state index in [1.165, 1.54) is 19.5 Å². The number of hydrogen-bond donors (Lipinski definition) is 1. The molecule has 0 spiro atoms. The Bertz CT molecular complexity index is 1170. The van der Waals surface area contributed by atoms with Crippen LogP contribution >= 0.6 is 22.9 Å². The maximum absolute atomic E-state index is 13.2. The first-order chi connectivity index (χ1) is 16.1. The minimum atomic E-state index is -0.419. The molecule has 10 nitrogen and oxygen atoms in total. The zero-order chi connectivity index (χ0) is 22.8. The monoisotopic (exact) mass is 489 g/mol. The summed E-state index contributed by atoms with van der Waals surface area (Å²) >= 11 is 7.28. The van der Waals surface area contributed by atoms with E-state index in [0.29, 0.717) is 51.9 Å². The van der Waals surface area contributed by atoms with Crippen LogP contribution in [0.4, 0.5) is 5.13 Å². The highest BCUT2D eigenvalue weighted by molar-refractivity contribution is 7.17. The summed E-state index contributed by atoms with van der Waals surface area (Å²) in [6, 6.07) is 3.34. The summed E-state index contributed by atoms with van der Waals surface area (Å²) in [7, 11) is 1.52. The SMILES string of the molecule is COc1cnc(Cl)cc1-c1cc(OC2CC2)ncc1C(=O)Nc1nnc(O[C@@H]2CCOC2)s1. The third-order valence-electron chi connectivity index (χ3n) is 5.06. The van der Waals surface area contributed by atoms with Crippen molar-refractivity contribution in [2.45, 2.75) is 31.5 Å². The van der Waals surface area contributed by atoms with Crippen molar-refractivity contribution in [3.63, 3.8) is 0 Å². The Balaban J connectivity index is 1.42. The molecule has 12 heteroatoms. The Hall–Kier alpha value is -3.02. The molecule has 2 aliphatic rings. The number of hydrogen-bond acceptors (Lipinski definition) is 10. The van der Waals surface area contributed by atoms with Crippen molar-refractivity contribution in [3.8, 4) is 28.0 Å². The van der Waals surface area contributed by atoms with Gasteiger partial charge in [0.25, 0.3) is 11.1 Å². The number of halogens is 1. The van der Waals surface area contributed by atoms with Gasteiger partial charge in [0, 0.05) is 29.8 Å². The second-order valence-corrected chi connectivity index (χ2v) is 8.85. The van der Waals surface area contributed by atoms with Gasteiger partial charge in [-0.15, -0.1) is 5.10 Å². The maximum atomic E-state index is 13.2. The number of rotatable bonds is 8. The van der Waals surface area contributed by atoms with Crippen molar-refractivity contribution in [2.75, 3.05) is 25.6 Å². The van der Waals surface area contributed by atoms with E-state index in [1.807, 2.05) is 0 Å². The molecular formula is C21H20ClN5O5S. The number of methoxy groups -OCH3 is 1. The second kappa shape index (κ2) is 9.46. The van der Waals surface area contributed by atoms with Crippen LogP contribution in [-0.4, -0.2) is 58.6 Å². The first-order valence-corrected chi connectivity index (χ1v) is 11.5. The molecule has 0 unspecified atom stereocenters. The normalized spacial score (nSPS) is 17.6. The number of aromatic nitrogens is 4. The van der Waals surface area contributed by atoms with Gasteiger partial charge in [-0.05, 0) is 30.2 Å². The molecule has 3 aromatic rings. The summed E-state index contributed by atoms with van der Waals surface area (Å²) in [6.07, 6.45) is 5.82. The Labute approximate surface area is 198 Å². The van der Waals surface area contributed by atoms with Crippen LogP contribution < -0.4 is 19.5 Å². The lowest BCUT2D eigenvalue weighted by atomic mass is 10.0. The van der Waals surface area contributed by atoms with Crippen LogP contribution in [0.3, 0.4) is 0 Å². The molecule has 1 aliphatic heterocycles. The average Bonchev–Trinajstić information content (AvgIpc) is 3.28. The van der Waals surface area contributed by atoms with Crippen LogP contribution in [0.15, 0.2) is 24.5 Å². The van der Waals surface area contributed by atoms with Crippen molar-refractivity contribution in [1.82, 2.24) is 20.2 Å². The molecule has 0 radical (unpaired) electrons. The van der Waals surface area contributed by atoms with Crippen LogP contribution in [0.2, 0.25) is 5.15 Å². The number of pyridine rings is 2. The van der Waals surface area contributed by atoms with Crippen molar-refractivity contribution >= 4 is 34.0 Å². The fraction of sp³-hybridized carbons (Fsp3) is 0.381. The molecule has 1 aliphatic carbocycles. The fourth-order valence-corrected chi connectivity index (χ4v) is 4.09. The van der Waals surface area contributed by atoms with E-state index >= 15 is 0 Å². The predicted octanol–water partition coefficient (Wildman–Crippen LogP) is 3.62. The van der Waals surface area contributed by atoms with E-state index in [0.717, 1.165) is 30.6 Å². The van der Waals surface area contributed by atoms with E-state index in [1.54, 1.807) is 12.1 Å². The Kier molecular flexibility index (Phi) is 6.25. The van der Waals surface area contributed by atoms with Gasteiger partial charge in [-0.25, -0.2) is 9.97 Å². The number of nitrogens with zero attached hydrogens (tertiary/aromatic N) is 4. The molecule has 5 rings (SSSR count). The standard InChI is InChI=1S/C21H20ClN5O5S/c1-29-16-9-23-17(22)6-14(16)13-7-18(31-11-2-3-11)24-8-15(13)19(28)25-20-26-27-21(33-20)32-12-4-5-30-10-12/h6-9,11-12H,2-5,10H2,1H3,(H,25,26,28)/t12-/m1/s1. The molecule has 1 saturated heterocycles. The minimum Gasteiger partial charge on any atom is -0.494 e. The van der Waals surface area contributed by atoms with Gasteiger partial charge < -0.3 is 18.9 Å².